The van der Waals surface area contributed by atoms with E-state index in [0.717, 1.165) is 24.0 Å². The maximum atomic E-state index is 13.5. The molecule has 1 amide bonds. The number of benzene rings is 3. The Kier molecular flexibility index (Phi) is 8.85. The maximum absolute atomic E-state index is 13.5. The number of ether oxygens (including phenoxy) is 1. The summed E-state index contributed by atoms with van der Waals surface area (Å²) in [5, 5.41) is 20.3. The lowest BCUT2D eigenvalue weighted by molar-refractivity contribution is -0.132. The Morgan fingerprint density at radius 1 is 0.951 bits per heavy atom. The highest BCUT2D eigenvalue weighted by atomic mass is 32.2. The van der Waals surface area contributed by atoms with E-state index in [4.69, 9.17) is 4.74 Å². The predicted octanol–water partition coefficient (Wildman–Crippen LogP) is 7.25. The minimum Gasteiger partial charge on any atom is -0.507 e. The van der Waals surface area contributed by atoms with Crippen LogP contribution in [0.5, 0.6) is 5.75 Å². The molecule has 1 N–H and O–H groups in total. The van der Waals surface area contributed by atoms with Gasteiger partial charge in [0.25, 0.3) is 5.78 Å². The number of hydrogen-bond acceptors (Lipinski definition) is 8. The Bertz CT molecular complexity index is 1560. The summed E-state index contributed by atoms with van der Waals surface area (Å²) in [6, 6.07) is 21.9. The molecule has 0 spiro atoms. The molecule has 5 rings (SSSR count). The third-order valence-corrected chi connectivity index (χ3v) is 8.94. The summed E-state index contributed by atoms with van der Waals surface area (Å²) in [5.74, 6) is -0.344. The van der Waals surface area contributed by atoms with Crippen molar-refractivity contribution in [3.63, 3.8) is 0 Å². The fraction of sp³-hybridized carbons (Fsp3) is 0.250. The van der Waals surface area contributed by atoms with Gasteiger partial charge in [-0.25, -0.2) is 0 Å². The van der Waals surface area contributed by atoms with Crippen LogP contribution in [0.15, 0.2) is 82.7 Å². The van der Waals surface area contributed by atoms with E-state index in [-0.39, 0.29) is 11.3 Å². The molecule has 1 atom stereocenters. The van der Waals surface area contributed by atoms with Gasteiger partial charge in [-0.1, -0.05) is 108 Å². The summed E-state index contributed by atoms with van der Waals surface area (Å²) >= 11 is 2.77. The second-order valence-electron chi connectivity index (χ2n) is 9.93. The van der Waals surface area contributed by atoms with Crippen LogP contribution in [-0.2, 0) is 15.3 Å². The molecule has 1 aliphatic heterocycles. The van der Waals surface area contributed by atoms with E-state index in [0.29, 0.717) is 38.7 Å². The van der Waals surface area contributed by atoms with E-state index in [1.54, 1.807) is 12.1 Å². The Balaban J connectivity index is 1.50. The number of aryl methyl sites for hydroxylation is 2. The van der Waals surface area contributed by atoms with Gasteiger partial charge in [0.15, 0.2) is 4.34 Å². The van der Waals surface area contributed by atoms with Crippen LogP contribution in [0.3, 0.4) is 0 Å². The standard InChI is InChI=1S/C32H31N3O4S2/c1-4-5-18-39-25-16-14-23(15-17-25)27-26(28(36)24-12-8-21(3)9-13-24)29(37)30(38)35(27)31-33-34-32(41-31)40-19-22-10-6-20(2)7-11-22/h6-17,27,36H,4-5,18-19H2,1-3H3/b28-26-. The zero-order valence-electron chi connectivity index (χ0n) is 23.2. The van der Waals surface area contributed by atoms with Crippen LogP contribution < -0.4 is 9.64 Å². The number of nitrogens with zero attached hydrogens (tertiary/aromatic N) is 3. The van der Waals surface area contributed by atoms with Gasteiger partial charge >= 0.3 is 5.91 Å². The van der Waals surface area contributed by atoms with Crippen LogP contribution in [0, 0.1) is 13.8 Å². The predicted molar refractivity (Wildman–Crippen MR) is 163 cm³/mol. The molecular weight excluding hydrogens is 555 g/mol. The van der Waals surface area contributed by atoms with Crippen LogP contribution >= 0.6 is 23.1 Å². The molecule has 1 unspecified atom stereocenters. The van der Waals surface area contributed by atoms with Crippen molar-refractivity contribution in [1.82, 2.24) is 10.2 Å². The molecule has 4 aromatic rings. The van der Waals surface area contributed by atoms with Crippen molar-refractivity contribution in [2.24, 2.45) is 0 Å². The zero-order chi connectivity index (χ0) is 28.9. The smallest absolute Gasteiger partial charge is 0.301 e. The number of aliphatic hydroxyl groups excluding tert-OH is 1. The first-order valence-electron chi connectivity index (χ1n) is 13.5. The second-order valence-corrected chi connectivity index (χ2v) is 12.1. The lowest BCUT2D eigenvalue weighted by atomic mass is 9.95. The molecule has 0 saturated carbocycles. The Morgan fingerprint density at radius 3 is 2.27 bits per heavy atom. The number of aliphatic hydroxyl groups is 1. The number of amides is 1. The van der Waals surface area contributed by atoms with Gasteiger partial charge in [-0.15, -0.1) is 10.2 Å². The Morgan fingerprint density at radius 2 is 1.61 bits per heavy atom. The third kappa shape index (κ3) is 6.36. The number of carbonyl (C=O) groups excluding carboxylic acids is 2. The molecule has 0 radical (unpaired) electrons. The molecule has 3 aromatic carbocycles. The van der Waals surface area contributed by atoms with Crippen molar-refractivity contribution < 1.29 is 19.4 Å². The first kappa shape index (κ1) is 28.6. The molecule has 1 saturated heterocycles. The van der Waals surface area contributed by atoms with E-state index in [9.17, 15) is 14.7 Å². The summed E-state index contributed by atoms with van der Waals surface area (Å²) in [4.78, 5) is 28.3. The number of Topliss-reactive ketones (excluding diaryl/α,β-unsaturated/α-hetero) is 1. The van der Waals surface area contributed by atoms with Gasteiger partial charge in [0.05, 0.1) is 18.2 Å². The molecule has 41 heavy (non-hydrogen) atoms. The monoisotopic (exact) mass is 585 g/mol. The van der Waals surface area contributed by atoms with Gasteiger partial charge in [0.2, 0.25) is 5.13 Å². The van der Waals surface area contributed by atoms with Crippen molar-refractivity contribution in [2.45, 2.75) is 49.7 Å². The van der Waals surface area contributed by atoms with Gasteiger partial charge < -0.3 is 9.84 Å². The average Bonchev–Trinajstić information content (AvgIpc) is 3.55. The summed E-state index contributed by atoms with van der Waals surface area (Å²) in [7, 11) is 0. The summed E-state index contributed by atoms with van der Waals surface area (Å²) in [5.41, 5.74) is 4.49. The minimum atomic E-state index is -0.871. The molecule has 1 aromatic heterocycles. The normalized spacial score (nSPS) is 16.4. The van der Waals surface area contributed by atoms with Crippen LogP contribution in [0.25, 0.3) is 5.76 Å². The van der Waals surface area contributed by atoms with Gasteiger partial charge in [-0.2, -0.15) is 0 Å². The van der Waals surface area contributed by atoms with Crippen LogP contribution in [0.4, 0.5) is 5.13 Å². The summed E-state index contributed by atoms with van der Waals surface area (Å²) < 4.78 is 6.49. The molecule has 1 aliphatic rings. The number of unbranched alkanes of at least 4 members (excludes halogenated alkanes) is 1. The first-order valence-corrected chi connectivity index (χ1v) is 15.3. The number of anilines is 1. The number of rotatable bonds is 10. The summed E-state index contributed by atoms with van der Waals surface area (Å²) in [6.07, 6.45) is 1.97. The van der Waals surface area contributed by atoms with Crippen molar-refractivity contribution in [3.05, 3.63) is 106 Å². The Labute approximate surface area is 247 Å². The molecule has 210 valence electrons. The van der Waals surface area contributed by atoms with Crippen LogP contribution in [0.2, 0.25) is 0 Å². The quantitative estimate of drug-likeness (QED) is 0.0523. The van der Waals surface area contributed by atoms with E-state index in [1.165, 1.54) is 33.6 Å². The summed E-state index contributed by atoms with van der Waals surface area (Å²) in [6.45, 7) is 6.70. The fourth-order valence-electron chi connectivity index (χ4n) is 4.48. The van der Waals surface area contributed by atoms with Gasteiger partial charge in [0, 0.05) is 11.3 Å². The highest BCUT2D eigenvalue weighted by Crippen LogP contribution is 2.44. The Hall–Kier alpha value is -3.95. The number of thioether (sulfide) groups is 1. The van der Waals surface area contributed by atoms with E-state index >= 15 is 0 Å². The lowest BCUT2D eigenvalue weighted by Gasteiger charge is -2.22. The SMILES string of the molecule is CCCCOc1ccc(C2/C(=C(/O)c3ccc(C)cc3)C(=O)C(=O)N2c2nnc(SCc3ccc(C)cc3)s2)cc1. The van der Waals surface area contributed by atoms with E-state index in [2.05, 4.69) is 41.4 Å². The topological polar surface area (TPSA) is 92.6 Å². The van der Waals surface area contributed by atoms with Gasteiger partial charge in [-0.05, 0) is 43.5 Å². The van der Waals surface area contributed by atoms with E-state index < -0.39 is 17.7 Å². The number of carbonyl (C=O) groups is 2. The molecule has 1 fully saturated rings. The zero-order valence-corrected chi connectivity index (χ0v) is 24.8. The molecule has 0 bridgehead atoms. The largest absolute Gasteiger partial charge is 0.507 e. The van der Waals surface area contributed by atoms with Crippen LogP contribution in [-0.4, -0.2) is 33.6 Å². The molecule has 9 heteroatoms. The van der Waals surface area contributed by atoms with Crippen molar-refractivity contribution in [3.8, 4) is 5.75 Å². The third-order valence-electron chi connectivity index (χ3n) is 6.82. The van der Waals surface area contributed by atoms with Crippen molar-refractivity contribution in [2.75, 3.05) is 11.5 Å². The van der Waals surface area contributed by atoms with Crippen LogP contribution in [0.1, 0.15) is 53.6 Å². The van der Waals surface area contributed by atoms with Gasteiger partial charge in [-0.3, -0.25) is 14.5 Å². The molecule has 0 aliphatic carbocycles. The maximum Gasteiger partial charge on any atom is 0.301 e. The van der Waals surface area contributed by atoms with Crippen molar-refractivity contribution >= 4 is 45.7 Å². The average molecular weight is 586 g/mol. The first-order chi connectivity index (χ1) is 19.9. The molecular formula is C32H31N3O4S2. The fourth-order valence-corrected chi connectivity index (χ4v) is 6.30. The second kappa shape index (κ2) is 12.7. The highest BCUT2D eigenvalue weighted by molar-refractivity contribution is 8.00. The number of aromatic nitrogens is 2. The molecule has 7 nitrogen and oxygen atoms in total. The number of hydrogen-bond donors (Lipinski definition) is 1. The van der Waals surface area contributed by atoms with Crippen molar-refractivity contribution in [1.29, 1.82) is 0 Å². The minimum absolute atomic E-state index is 0.0163. The highest BCUT2D eigenvalue weighted by Gasteiger charge is 2.48. The van der Waals surface area contributed by atoms with E-state index in [1.807, 2.05) is 50.2 Å². The lowest BCUT2D eigenvalue weighted by Crippen LogP contribution is -2.29. The molecule has 2 heterocycles. The number of ketones is 1. The van der Waals surface area contributed by atoms with Gasteiger partial charge in [0.1, 0.15) is 11.5 Å².